The molecule has 2 rings (SSSR count). The van der Waals surface area contributed by atoms with Crippen LogP contribution in [0.2, 0.25) is 0 Å². The number of ether oxygens (including phenoxy) is 1. The molecule has 1 aromatic carbocycles. The van der Waals surface area contributed by atoms with E-state index in [1.807, 2.05) is 18.2 Å². The Kier molecular flexibility index (Phi) is 6.87. The summed E-state index contributed by atoms with van der Waals surface area (Å²) in [7, 11) is 1.65. The van der Waals surface area contributed by atoms with Crippen LogP contribution in [0, 0.1) is 0 Å². The van der Waals surface area contributed by atoms with Crippen LogP contribution in [-0.2, 0) is 4.74 Å². The van der Waals surface area contributed by atoms with Crippen molar-refractivity contribution >= 4 is 11.9 Å². The summed E-state index contributed by atoms with van der Waals surface area (Å²) in [5, 5.41) is 5.93. The molecule has 3 amide bonds. The second-order valence-electron chi connectivity index (χ2n) is 5.68. The van der Waals surface area contributed by atoms with Crippen LogP contribution in [0.25, 0.3) is 0 Å². The van der Waals surface area contributed by atoms with Gasteiger partial charge in [0.05, 0.1) is 0 Å². The SMILES string of the molecule is COCCCNC(=O)N1CCC(NC(=O)c2ccccc2)CC1. The van der Waals surface area contributed by atoms with Crippen LogP contribution in [-0.4, -0.2) is 56.2 Å². The molecule has 6 heteroatoms. The predicted molar refractivity (Wildman–Crippen MR) is 88.4 cm³/mol. The second kappa shape index (κ2) is 9.15. The van der Waals surface area contributed by atoms with Crippen LogP contribution in [0.4, 0.5) is 4.79 Å². The molecule has 0 atom stereocenters. The van der Waals surface area contributed by atoms with Gasteiger partial charge in [-0.2, -0.15) is 0 Å². The third kappa shape index (κ3) is 5.56. The lowest BCUT2D eigenvalue weighted by Gasteiger charge is -2.32. The Balaban J connectivity index is 1.69. The van der Waals surface area contributed by atoms with E-state index in [-0.39, 0.29) is 18.0 Å². The van der Waals surface area contributed by atoms with Crippen molar-refractivity contribution in [1.82, 2.24) is 15.5 Å². The maximum Gasteiger partial charge on any atom is 0.317 e. The summed E-state index contributed by atoms with van der Waals surface area (Å²) in [6.45, 7) is 2.59. The summed E-state index contributed by atoms with van der Waals surface area (Å²) in [6, 6.07) is 9.29. The molecule has 1 fully saturated rings. The summed E-state index contributed by atoms with van der Waals surface area (Å²) in [5.74, 6) is -0.0481. The van der Waals surface area contributed by atoms with Gasteiger partial charge < -0.3 is 20.3 Å². The summed E-state index contributed by atoms with van der Waals surface area (Å²) >= 11 is 0. The number of amides is 3. The van der Waals surface area contributed by atoms with Gasteiger partial charge in [-0.25, -0.2) is 4.79 Å². The fourth-order valence-corrected chi connectivity index (χ4v) is 2.61. The van der Waals surface area contributed by atoms with Crippen molar-refractivity contribution in [2.75, 3.05) is 33.4 Å². The highest BCUT2D eigenvalue weighted by Crippen LogP contribution is 2.11. The molecule has 23 heavy (non-hydrogen) atoms. The molecule has 1 saturated heterocycles. The number of hydrogen-bond donors (Lipinski definition) is 2. The van der Waals surface area contributed by atoms with E-state index in [0.717, 1.165) is 19.3 Å². The van der Waals surface area contributed by atoms with Crippen molar-refractivity contribution in [1.29, 1.82) is 0 Å². The molecule has 0 aromatic heterocycles. The number of rotatable bonds is 6. The molecule has 0 saturated carbocycles. The first-order chi connectivity index (χ1) is 11.2. The molecular weight excluding hydrogens is 294 g/mol. The zero-order valence-corrected chi connectivity index (χ0v) is 13.6. The van der Waals surface area contributed by atoms with Crippen molar-refractivity contribution in [2.24, 2.45) is 0 Å². The number of carbonyl (C=O) groups is 2. The highest BCUT2D eigenvalue weighted by Gasteiger charge is 2.23. The Labute approximate surface area is 137 Å². The standard InChI is InChI=1S/C17H25N3O3/c1-23-13-5-10-18-17(22)20-11-8-15(9-12-20)19-16(21)14-6-3-2-4-7-14/h2-4,6-7,15H,5,8-13H2,1H3,(H,18,22)(H,19,21). The number of likely N-dealkylation sites (tertiary alicyclic amines) is 1. The quantitative estimate of drug-likeness (QED) is 0.783. The highest BCUT2D eigenvalue weighted by molar-refractivity contribution is 5.94. The van der Waals surface area contributed by atoms with E-state index in [4.69, 9.17) is 4.74 Å². The molecular formula is C17H25N3O3. The minimum atomic E-state index is -0.0481. The van der Waals surface area contributed by atoms with Gasteiger partial charge in [-0.3, -0.25) is 4.79 Å². The zero-order valence-electron chi connectivity index (χ0n) is 13.6. The number of urea groups is 1. The Morgan fingerprint density at radius 2 is 1.91 bits per heavy atom. The van der Waals surface area contributed by atoms with Gasteiger partial charge in [0.25, 0.3) is 5.91 Å². The number of methoxy groups -OCH3 is 1. The van der Waals surface area contributed by atoms with Gasteiger partial charge in [0.2, 0.25) is 0 Å². The molecule has 0 unspecified atom stereocenters. The Morgan fingerprint density at radius 1 is 1.22 bits per heavy atom. The number of carbonyl (C=O) groups excluding carboxylic acids is 2. The first-order valence-corrected chi connectivity index (χ1v) is 8.08. The monoisotopic (exact) mass is 319 g/mol. The van der Waals surface area contributed by atoms with Crippen LogP contribution in [0.1, 0.15) is 29.6 Å². The summed E-state index contributed by atoms with van der Waals surface area (Å²) in [4.78, 5) is 25.9. The number of nitrogens with zero attached hydrogens (tertiary/aromatic N) is 1. The number of benzene rings is 1. The van der Waals surface area contributed by atoms with Gasteiger partial charge in [-0.15, -0.1) is 0 Å². The van der Waals surface area contributed by atoms with E-state index >= 15 is 0 Å². The average molecular weight is 319 g/mol. The molecule has 0 bridgehead atoms. The number of hydrogen-bond acceptors (Lipinski definition) is 3. The molecule has 1 aliphatic heterocycles. The van der Waals surface area contributed by atoms with Gasteiger partial charge >= 0.3 is 6.03 Å². The first-order valence-electron chi connectivity index (χ1n) is 8.08. The maximum absolute atomic E-state index is 12.1. The first kappa shape index (κ1) is 17.3. The molecule has 1 aliphatic rings. The molecule has 126 valence electrons. The minimum absolute atomic E-state index is 0.0334. The van der Waals surface area contributed by atoms with Crippen LogP contribution >= 0.6 is 0 Å². The topological polar surface area (TPSA) is 70.7 Å². The Bertz CT molecular complexity index is 499. The Hall–Kier alpha value is -2.08. The minimum Gasteiger partial charge on any atom is -0.385 e. The largest absolute Gasteiger partial charge is 0.385 e. The fourth-order valence-electron chi connectivity index (χ4n) is 2.61. The molecule has 6 nitrogen and oxygen atoms in total. The molecule has 2 N–H and O–H groups in total. The lowest BCUT2D eigenvalue weighted by Crippen LogP contribution is -2.49. The highest BCUT2D eigenvalue weighted by atomic mass is 16.5. The number of piperidine rings is 1. The molecule has 1 heterocycles. The normalized spacial score (nSPS) is 15.3. The van der Waals surface area contributed by atoms with Crippen molar-refractivity contribution in [2.45, 2.75) is 25.3 Å². The predicted octanol–water partition coefficient (Wildman–Crippen LogP) is 1.63. The van der Waals surface area contributed by atoms with E-state index in [0.29, 0.717) is 31.8 Å². The van der Waals surface area contributed by atoms with E-state index in [1.54, 1.807) is 24.1 Å². The van der Waals surface area contributed by atoms with E-state index in [1.165, 1.54) is 0 Å². The van der Waals surface area contributed by atoms with E-state index in [9.17, 15) is 9.59 Å². The van der Waals surface area contributed by atoms with Crippen molar-refractivity contribution in [3.8, 4) is 0 Å². The van der Waals surface area contributed by atoms with Crippen molar-refractivity contribution < 1.29 is 14.3 Å². The Morgan fingerprint density at radius 3 is 2.57 bits per heavy atom. The summed E-state index contributed by atoms with van der Waals surface area (Å²) < 4.78 is 4.95. The molecule has 0 radical (unpaired) electrons. The van der Waals surface area contributed by atoms with Gasteiger partial charge in [-0.05, 0) is 31.4 Å². The van der Waals surface area contributed by atoms with Gasteiger partial charge in [-0.1, -0.05) is 18.2 Å². The molecule has 0 aliphatic carbocycles. The zero-order chi connectivity index (χ0) is 16.5. The fraction of sp³-hybridized carbons (Fsp3) is 0.529. The lowest BCUT2D eigenvalue weighted by molar-refractivity contribution is 0.0918. The number of nitrogens with one attached hydrogen (secondary N) is 2. The molecule has 1 aromatic rings. The van der Waals surface area contributed by atoms with Gasteiger partial charge in [0.1, 0.15) is 0 Å². The summed E-state index contributed by atoms with van der Waals surface area (Å²) in [5.41, 5.74) is 0.672. The van der Waals surface area contributed by atoms with E-state index < -0.39 is 0 Å². The molecule has 0 spiro atoms. The smallest absolute Gasteiger partial charge is 0.317 e. The van der Waals surface area contributed by atoms with Crippen molar-refractivity contribution in [3.05, 3.63) is 35.9 Å². The summed E-state index contributed by atoms with van der Waals surface area (Å²) in [6.07, 6.45) is 2.37. The van der Waals surface area contributed by atoms with Crippen LogP contribution in [0.3, 0.4) is 0 Å². The maximum atomic E-state index is 12.1. The van der Waals surface area contributed by atoms with Crippen LogP contribution in [0.5, 0.6) is 0 Å². The van der Waals surface area contributed by atoms with Gasteiger partial charge in [0, 0.05) is 45.0 Å². The second-order valence-corrected chi connectivity index (χ2v) is 5.68. The lowest BCUT2D eigenvalue weighted by atomic mass is 10.0. The van der Waals surface area contributed by atoms with Gasteiger partial charge in [0.15, 0.2) is 0 Å². The third-order valence-electron chi connectivity index (χ3n) is 3.95. The van der Waals surface area contributed by atoms with Crippen molar-refractivity contribution in [3.63, 3.8) is 0 Å². The van der Waals surface area contributed by atoms with Crippen LogP contribution in [0.15, 0.2) is 30.3 Å². The third-order valence-corrected chi connectivity index (χ3v) is 3.95. The van der Waals surface area contributed by atoms with Crippen LogP contribution < -0.4 is 10.6 Å². The van der Waals surface area contributed by atoms with E-state index in [2.05, 4.69) is 10.6 Å². The average Bonchev–Trinajstić information content (AvgIpc) is 2.60.